The Labute approximate surface area is 93.8 Å². The lowest BCUT2D eigenvalue weighted by molar-refractivity contribution is -0.290. The normalized spacial score (nSPS) is 32.8. The Hall–Kier alpha value is 0.390. The van der Waals surface area contributed by atoms with Crippen LogP contribution in [0, 0.1) is 0 Å². The fourth-order valence-electron chi connectivity index (χ4n) is 1.59. The predicted molar refractivity (Wildman–Crippen MR) is 62.1 cm³/mol. The van der Waals surface area contributed by atoms with Crippen LogP contribution in [0.4, 0.5) is 0 Å². The van der Waals surface area contributed by atoms with Crippen LogP contribution in [0.15, 0.2) is 12.7 Å². The third-order valence-corrected chi connectivity index (χ3v) is 2.70. The van der Waals surface area contributed by atoms with E-state index < -0.39 is 5.79 Å². The molecule has 1 rings (SSSR count). The number of alkyl halides is 1. The molecule has 0 saturated carbocycles. The molecule has 2 nitrogen and oxygen atoms in total. The van der Waals surface area contributed by atoms with E-state index in [1.54, 1.807) is 0 Å². The highest BCUT2D eigenvalue weighted by Gasteiger charge is 2.33. The van der Waals surface area contributed by atoms with E-state index in [-0.39, 0.29) is 6.10 Å². The van der Waals surface area contributed by atoms with Crippen LogP contribution in [0.2, 0.25) is 0 Å². The molecular weight excluding hydrogens is 279 g/mol. The molecule has 0 aromatic rings. The third-order valence-electron chi connectivity index (χ3n) is 2.07. The number of hydrogen-bond donors (Lipinski definition) is 0. The van der Waals surface area contributed by atoms with E-state index in [2.05, 4.69) is 29.2 Å². The molecule has 0 spiro atoms. The Balaban J connectivity index is 2.54. The highest BCUT2D eigenvalue weighted by atomic mass is 127. The minimum Gasteiger partial charge on any atom is -0.347 e. The van der Waals surface area contributed by atoms with Crippen molar-refractivity contribution in [2.24, 2.45) is 0 Å². The Morgan fingerprint density at radius 2 is 2.23 bits per heavy atom. The van der Waals surface area contributed by atoms with Gasteiger partial charge in [-0.2, -0.15) is 0 Å². The zero-order valence-corrected chi connectivity index (χ0v) is 10.4. The fraction of sp³-hybridized carbons (Fsp3) is 0.800. The molecule has 0 amide bonds. The molecule has 2 atom stereocenters. The van der Waals surface area contributed by atoms with Gasteiger partial charge in [0.15, 0.2) is 5.79 Å². The van der Waals surface area contributed by atoms with Gasteiger partial charge in [-0.15, -0.1) is 6.58 Å². The van der Waals surface area contributed by atoms with Crippen LogP contribution >= 0.6 is 22.6 Å². The minimum absolute atomic E-state index is 0.150. The molecule has 0 unspecified atom stereocenters. The van der Waals surface area contributed by atoms with E-state index in [9.17, 15) is 0 Å². The topological polar surface area (TPSA) is 18.5 Å². The Kier molecular flexibility index (Phi) is 4.19. The van der Waals surface area contributed by atoms with Crippen LogP contribution in [0.3, 0.4) is 0 Å². The van der Waals surface area contributed by atoms with E-state index in [0.29, 0.717) is 6.10 Å². The van der Waals surface area contributed by atoms with E-state index in [1.807, 2.05) is 19.9 Å². The molecular formula is C10H17IO2. The molecule has 1 aliphatic rings. The van der Waals surface area contributed by atoms with Crippen LogP contribution in [0.1, 0.15) is 26.7 Å². The Morgan fingerprint density at radius 1 is 1.54 bits per heavy atom. The van der Waals surface area contributed by atoms with Crippen molar-refractivity contribution < 1.29 is 9.47 Å². The largest absolute Gasteiger partial charge is 0.347 e. The number of ether oxygens (including phenoxy) is 2. The molecule has 13 heavy (non-hydrogen) atoms. The van der Waals surface area contributed by atoms with Gasteiger partial charge in [-0.05, 0) is 20.3 Å². The van der Waals surface area contributed by atoms with Gasteiger partial charge in [-0.25, -0.2) is 0 Å². The third kappa shape index (κ3) is 3.56. The van der Waals surface area contributed by atoms with Crippen molar-refractivity contribution in [3.63, 3.8) is 0 Å². The van der Waals surface area contributed by atoms with Gasteiger partial charge in [0.25, 0.3) is 0 Å². The second kappa shape index (κ2) is 4.75. The summed E-state index contributed by atoms with van der Waals surface area (Å²) in [6.45, 7) is 7.68. The number of hydrogen-bond acceptors (Lipinski definition) is 2. The summed E-state index contributed by atoms with van der Waals surface area (Å²) >= 11 is 2.37. The van der Waals surface area contributed by atoms with E-state index in [4.69, 9.17) is 9.47 Å². The molecule has 1 saturated heterocycles. The first-order valence-electron chi connectivity index (χ1n) is 4.61. The first kappa shape index (κ1) is 11.5. The van der Waals surface area contributed by atoms with Crippen LogP contribution in [0.25, 0.3) is 0 Å². The molecule has 0 aliphatic carbocycles. The first-order valence-corrected chi connectivity index (χ1v) is 6.14. The van der Waals surface area contributed by atoms with Gasteiger partial charge in [0, 0.05) is 10.8 Å². The van der Waals surface area contributed by atoms with Gasteiger partial charge in [-0.3, -0.25) is 0 Å². The Bertz CT molecular complexity index is 180. The van der Waals surface area contributed by atoms with Gasteiger partial charge < -0.3 is 9.47 Å². The Morgan fingerprint density at radius 3 is 2.77 bits per heavy atom. The van der Waals surface area contributed by atoms with Crippen molar-refractivity contribution in [1.82, 2.24) is 0 Å². The maximum Gasteiger partial charge on any atom is 0.163 e. The lowest BCUT2D eigenvalue weighted by Crippen LogP contribution is -2.44. The van der Waals surface area contributed by atoms with Gasteiger partial charge in [0.05, 0.1) is 12.2 Å². The van der Waals surface area contributed by atoms with Gasteiger partial charge >= 0.3 is 0 Å². The quantitative estimate of drug-likeness (QED) is 0.453. The molecule has 1 heterocycles. The monoisotopic (exact) mass is 296 g/mol. The number of rotatable bonds is 3. The minimum atomic E-state index is -0.451. The van der Waals surface area contributed by atoms with E-state index >= 15 is 0 Å². The van der Waals surface area contributed by atoms with Crippen LogP contribution in [-0.4, -0.2) is 22.4 Å². The summed E-state index contributed by atoms with van der Waals surface area (Å²) in [6.07, 6.45) is 4.37. The summed E-state index contributed by atoms with van der Waals surface area (Å²) in [7, 11) is 0. The maximum atomic E-state index is 5.77. The highest BCUT2D eigenvalue weighted by Crippen LogP contribution is 2.28. The maximum absolute atomic E-state index is 5.77. The zero-order chi connectivity index (χ0) is 9.90. The first-order chi connectivity index (χ1) is 6.07. The van der Waals surface area contributed by atoms with Gasteiger partial charge in [-0.1, -0.05) is 28.7 Å². The summed E-state index contributed by atoms with van der Waals surface area (Å²) in [4.78, 5) is 0. The van der Waals surface area contributed by atoms with Gasteiger partial charge in [0.2, 0.25) is 0 Å². The van der Waals surface area contributed by atoms with Crippen molar-refractivity contribution >= 4 is 22.6 Å². The molecule has 0 aromatic heterocycles. The molecule has 3 heteroatoms. The van der Waals surface area contributed by atoms with Crippen LogP contribution in [-0.2, 0) is 9.47 Å². The second-order valence-electron chi connectivity index (χ2n) is 3.75. The molecule has 1 aliphatic heterocycles. The summed E-state index contributed by atoms with van der Waals surface area (Å²) in [5.41, 5.74) is 0. The average molecular weight is 296 g/mol. The van der Waals surface area contributed by atoms with Gasteiger partial charge in [0.1, 0.15) is 0 Å². The van der Waals surface area contributed by atoms with E-state index in [1.165, 1.54) is 0 Å². The molecule has 76 valence electrons. The molecule has 1 fully saturated rings. The smallest absolute Gasteiger partial charge is 0.163 e. The molecule has 0 radical (unpaired) electrons. The lowest BCUT2D eigenvalue weighted by Gasteiger charge is -2.39. The highest BCUT2D eigenvalue weighted by molar-refractivity contribution is 14.1. The van der Waals surface area contributed by atoms with Crippen molar-refractivity contribution in [2.75, 3.05) is 4.43 Å². The molecule has 0 N–H and O–H groups in total. The standard InChI is InChI=1S/C10H17IO2/c1-4-8-7-9(5-6-11)13-10(2,3)12-8/h4,8-9H,1,5-7H2,2-3H3/t8-,9+/m1/s1. The number of halogens is 1. The fourth-order valence-corrected chi connectivity index (χ4v) is 2.29. The van der Waals surface area contributed by atoms with Crippen molar-refractivity contribution in [1.29, 1.82) is 0 Å². The van der Waals surface area contributed by atoms with Crippen molar-refractivity contribution in [3.05, 3.63) is 12.7 Å². The lowest BCUT2D eigenvalue weighted by atomic mass is 10.1. The SMILES string of the molecule is C=C[C@@H]1C[C@H](CCI)OC(C)(C)O1. The average Bonchev–Trinajstić information content (AvgIpc) is 2.02. The van der Waals surface area contributed by atoms with Crippen LogP contribution < -0.4 is 0 Å². The summed E-state index contributed by atoms with van der Waals surface area (Å²) in [5, 5.41) is 0. The predicted octanol–water partition coefficient (Wildman–Crippen LogP) is 2.91. The second-order valence-corrected chi connectivity index (χ2v) is 4.82. The van der Waals surface area contributed by atoms with Crippen molar-refractivity contribution in [2.45, 2.75) is 44.7 Å². The van der Waals surface area contributed by atoms with Crippen LogP contribution in [0.5, 0.6) is 0 Å². The molecule has 0 aromatic carbocycles. The zero-order valence-electron chi connectivity index (χ0n) is 8.25. The van der Waals surface area contributed by atoms with E-state index in [0.717, 1.165) is 17.3 Å². The van der Waals surface area contributed by atoms with Crippen molar-refractivity contribution in [3.8, 4) is 0 Å². The molecule has 0 bridgehead atoms. The summed E-state index contributed by atoms with van der Waals surface area (Å²) < 4.78 is 12.6. The summed E-state index contributed by atoms with van der Waals surface area (Å²) in [6, 6.07) is 0. The summed E-state index contributed by atoms with van der Waals surface area (Å²) in [5.74, 6) is -0.451.